The molecule has 2 nitrogen and oxygen atoms in total. The van der Waals surface area contributed by atoms with E-state index in [-0.39, 0.29) is 12.1 Å². The first-order valence-electron chi connectivity index (χ1n) is 7.44. The van der Waals surface area contributed by atoms with Gasteiger partial charge in [0.05, 0.1) is 0 Å². The van der Waals surface area contributed by atoms with E-state index in [0.717, 1.165) is 32.1 Å². The van der Waals surface area contributed by atoms with Crippen molar-refractivity contribution >= 4 is 5.97 Å². The SMILES string of the molecule is CCCCCCCC(=O)O[C@H](CC)CCCC. The Morgan fingerprint density at radius 3 is 2.18 bits per heavy atom. The molecule has 17 heavy (non-hydrogen) atoms. The van der Waals surface area contributed by atoms with Crippen LogP contribution >= 0.6 is 0 Å². The minimum Gasteiger partial charge on any atom is -0.462 e. The van der Waals surface area contributed by atoms with E-state index in [0.29, 0.717) is 6.42 Å². The van der Waals surface area contributed by atoms with Gasteiger partial charge in [-0.1, -0.05) is 59.3 Å². The second-order valence-electron chi connectivity index (χ2n) is 4.83. The maximum Gasteiger partial charge on any atom is 0.306 e. The van der Waals surface area contributed by atoms with Gasteiger partial charge in [-0.05, 0) is 19.3 Å². The molecule has 0 bridgehead atoms. The Morgan fingerprint density at radius 1 is 0.941 bits per heavy atom. The van der Waals surface area contributed by atoms with Gasteiger partial charge in [0, 0.05) is 6.42 Å². The maximum absolute atomic E-state index is 11.6. The fraction of sp³-hybridized carbons (Fsp3) is 0.933. The van der Waals surface area contributed by atoms with Crippen LogP contribution in [0.3, 0.4) is 0 Å². The molecule has 0 N–H and O–H groups in total. The first-order valence-corrected chi connectivity index (χ1v) is 7.44. The average Bonchev–Trinajstić information content (AvgIpc) is 2.34. The number of hydrogen-bond acceptors (Lipinski definition) is 2. The molecule has 0 radical (unpaired) electrons. The van der Waals surface area contributed by atoms with Gasteiger partial charge in [0.1, 0.15) is 6.10 Å². The van der Waals surface area contributed by atoms with Crippen molar-refractivity contribution in [2.24, 2.45) is 0 Å². The molecule has 0 aromatic heterocycles. The predicted molar refractivity (Wildman–Crippen MR) is 73.1 cm³/mol. The highest BCUT2D eigenvalue weighted by Gasteiger charge is 2.11. The number of ether oxygens (including phenoxy) is 1. The minimum atomic E-state index is 0.00412. The first-order chi connectivity index (χ1) is 8.24. The van der Waals surface area contributed by atoms with Crippen LogP contribution in [-0.4, -0.2) is 12.1 Å². The summed E-state index contributed by atoms with van der Waals surface area (Å²) in [6.45, 7) is 6.46. The molecule has 0 amide bonds. The molecular weight excluding hydrogens is 212 g/mol. The lowest BCUT2D eigenvalue weighted by Gasteiger charge is -2.15. The lowest BCUT2D eigenvalue weighted by atomic mass is 10.1. The van der Waals surface area contributed by atoms with E-state index in [1.807, 2.05) is 0 Å². The van der Waals surface area contributed by atoms with Crippen LogP contribution in [0.2, 0.25) is 0 Å². The zero-order valence-corrected chi connectivity index (χ0v) is 12.0. The standard InChI is InChI=1S/C15H30O2/c1-4-7-9-10-11-13-15(16)17-14(6-3)12-8-5-2/h14H,4-13H2,1-3H3/t14-/m1/s1. The van der Waals surface area contributed by atoms with E-state index < -0.39 is 0 Å². The van der Waals surface area contributed by atoms with Crippen LogP contribution in [0.5, 0.6) is 0 Å². The molecule has 102 valence electrons. The molecule has 0 spiro atoms. The fourth-order valence-electron chi connectivity index (χ4n) is 1.90. The second kappa shape index (κ2) is 11.9. The van der Waals surface area contributed by atoms with Crippen LogP contribution in [0.1, 0.15) is 85.0 Å². The van der Waals surface area contributed by atoms with Crippen molar-refractivity contribution in [1.29, 1.82) is 0 Å². The van der Waals surface area contributed by atoms with Gasteiger partial charge in [0.15, 0.2) is 0 Å². The van der Waals surface area contributed by atoms with Gasteiger partial charge >= 0.3 is 5.97 Å². The fourth-order valence-corrected chi connectivity index (χ4v) is 1.90. The highest BCUT2D eigenvalue weighted by atomic mass is 16.5. The van der Waals surface area contributed by atoms with E-state index in [4.69, 9.17) is 4.74 Å². The number of carbonyl (C=O) groups excluding carboxylic acids is 1. The second-order valence-corrected chi connectivity index (χ2v) is 4.83. The smallest absolute Gasteiger partial charge is 0.306 e. The molecule has 0 heterocycles. The summed E-state index contributed by atoms with van der Waals surface area (Å²) in [7, 11) is 0. The summed E-state index contributed by atoms with van der Waals surface area (Å²) in [6.07, 6.45) is 11.0. The molecule has 2 heteroatoms. The summed E-state index contributed by atoms with van der Waals surface area (Å²) in [5.74, 6) is 0.00412. The third kappa shape index (κ3) is 10.3. The lowest BCUT2D eigenvalue weighted by Crippen LogP contribution is -2.17. The van der Waals surface area contributed by atoms with Gasteiger partial charge in [-0.3, -0.25) is 4.79 Å². The molecule has 0 aliphatic rings. The molecule has 0 fully saturated rings. The molecule has 1 atom stereocenters. The van der Waals surface area contributed by atoms with E-state index in [1.54, 1.807) is 0 Å². The summed E-state index contributed by atoms with van der Waals surface area (Å²) < 4.78 is 5.47. The zero-order chi connectivity index (χ0) is 12.9. The first kappa shape index (κ1) is 16.5. The third-order valence-electron chi connectivity index (χ3n) is 3.12. The van der Waals surface area contributed by atoms with E-state index in [1.165, 1.54) is 25.7 Å². The van der Waals surface area contributed by atoms with Gasteiger partial charge < -0.3 is 4.74 Å². The van der Waals surface area contributed by atoms with E-state index in [2.05, 4.69) is 20.8 Å². The summed E-state index contributed by atoms with van der Waals surface area (Å²) >= 11 is 0. The van der Waals surface area contributed by atoms with Crippen LogP contribution in [0, 0.1) is 0 Å². The quantitative estimate of drug-likeness (QED) is 0.382. The Labute approximate surface area is 107 Å². The van der Waals surface area contributed by atoms with Gasteiger partial charge in [-0.15, -0.1) is 0 Å². The molecule has 0 rings (SSSR count). The van der Waals surface area contributed by atoms with Crippen molar-refractivity contribution in [1.82, 2.24) is 0 Å². The minimum absolute atomic E-state index is 0.00412. The highest BCUT2D eigenvalue weighted by Crippen LogP contribution is 2.11. The van der Waals surface area contributed by atoms with Crippen molar-refractivity contribution in [3.63, 3.8) is 0 Å². The Balaban J connectivity index is 3.53. The van der Waals surface area contributed by atoms with Crippen LogP contribution in [-0.2, 0) is 9.53 Å². The molecule has 0 saturated carbocycles. The maximum atomic E-state index is 11.6. The van der Waals surface area contributed by atoms with Crippen molar-refractivity contribution in [2.45, 2.75) is 91.1 Å². The zero-order valence-electron chi connectivity index (χ0n) is 12.0. The Bertz CT molecular complexity index is 178. The third-order valence-corrected chi connectivity index (χ3v) is 3.12. The molecule has 0 unspecified atom stereocenters. The summed E-state index contributed by atoms with van der Waals surface area (Å²) in [6, 6.07) is 0. The molecule has 0 aliphatic carbocycles. The molecular formula is C15H30O2. The Morgan fingerprint density at radius 2 is 1.59 bits per heavy atom. The van der Waals surface area contributed by atoms with Gasteiger partial charge in [-0.2, -0.15) is 0 Å². The van der Waals surface area contributed by atoms with Crippen LogP contribution in [0.25, 0.3) is 0 Å². The van der Waals surface area contributed by atoms with Crippen LogP contribution in [0.4, 0.5) is 0 Å². The van der Waals surface area contributed by atoms with E-state index in [9.17, 15) is 4.79 Å². The number of esters is 1. The molecule has 0 aromatic carbocycles. The summed E-state index contributed by atoms with van der Waals surface area (Å²) in [4.78, 5) is 11.6. The predicted octanol–water partition coefficient (Wildman–Crippen LogP) is 4.86. The Kier molecular flexibility index (Phi) is 11.6. The Hall–Kier alpha value is -0.530. The summed E-state index contributed by atoms with van der Waals surface area (Å²) in [5, 5.41) is 0. The molecule has 0 aromatic rings. The van der Waals surface area contributed by atoms with Crippen molar-refractivity contribution < 1.29 is 9.53 Å². The monoisotopic (exact) mass is 242 g/mol. The average molecular weight is 242 g/mol. The number of unbranched alkanes of at least 4 members (excludes halogenated alkanes) is 5. The lowest BCUT2D eigenvalue weighted by molar-refractivity contribution is -0.149. The highest BCUT2D eigenvalue weighted by molar-refractivity contribution is 5.69. The molecule has 0 aliphatic heterocycles. The number of hydrogen-bond donors (Lipinski definition) is 0. The normalized spacial score (nSPS) is 12.4. The van der Waals surface area contributed by atoms with Crippen LogP contribution in [0.15, 0.2) is 0 Å². The van der Waals surface area contributed by atoms with Gasteiger partial charge in [0.25, 0.3) is 0 Å². The van der Waals surface area contributed by atoms with Gasteiger partial charge in [0.2, 0.25) is 0 Å². The van der Waals surface area contributed by atoms with Crippen LogP contribution < -0.4 is 0 Å². The number of carbonyl (C=O) groups is 1. The van der Waals surface area contributed by atoms with E-state index >= 15 is 0 Å². The van der Waals surface area contributed by atoms with Crippen molar-refractivity contribution in [2.75, 3.05) is 0 Å². The number of rotatable bonds is 11. The largest absolute Gasteiger partial charge is 0.462 e. The van der Waals surface area contributed by atoms with Crippen molar-refractivity contribution in [3.05, 3.63) is 0 Å². The summed E-state index contributed by atoms with van der Waals surface area (Å²) in [5.41, 5.74) is 0. The molecule has 0 saturated heterocycles. The van der Waals surface area contributed by atoms with Gasteiger partial charge in [-0.25, -0.2) is 0 Å². The van der Waals surface area contributed by atoms with Crippen molar-refractivity contribution in [3.8, 4) is 0 Å². The topological polar surface area (TPSA) is 26.3 Å².